The molecule has 0 heterocycles. The summed E-state index contributed by atoms with van der Waals surface area (Å²) in [5, 5.41) is 14.8. The minimum Gasteiger partial charge on any atom is -0.382 e. The molecule has 5 nitrogen and oxygen atoms in total. The molecule has 1 N–H and O–H groups in total. The van der Waals surface area contributed by atoms with E-state index in [2.05, 4.69) is 11.4 Å². The number of anilines is 1. The molecular weight excluding hydrogens is 324 g/mol. The number of nitriles is 1. The lowest BCUT2D eigenvalue weighted by molar-refractivity contribution is 0.158. The Morgan fingerprint density at radius 1 is 1.08 bits per heavy atom. The Morgan fingerprint density at radius 3 is 2.38 bits per heavy atom. The molecule has 0 saturated heterocycles. The number of nitrogens with one attached hydrogen (secondary N) is 1. The number of hydrogen-bond donors (Lipinski definition) is 1. The molecule has 1 aliphatic carbocycles. The SMILES string of the molecule is CS(=O)(=O)OC1CCC(Nc2ccc(C#N)c3ccccc23)CC1. The van der Waals surface area contributed by atoms with Gasteiger partial charge in [-0.25, -0.2) is 0 Å². The molecule has 1 aliphatic rings. The van der Waals surface area contributed by atoms with E-state index in [0.29, 0.717) is 5.56 Å². The molecule has 24 heavy (non-hydrogen) atoms. The molecule has 0 atom stereocenters. The predicted molar refractivity (Wildman–Crippen MR) is 94.3 cm³/mol. The van der Waals surface area contributed by atoms with Gasteiger partial charge in [0, 0.05) is 22.5 Å². The maximum absolute atomic E-state index is 11.2. The smallest absolute Gasteiger partial charge is 0.264 e. The largest absolute Gasteiger partial charge is 0.382 e. The zero-order valence-corrected chi connectivity index (χ0v) is 14.3. The second kappa shape index (κ2) is 6.80. The molecule has 2 aromatic rings. The van der Waals surface area contributed by atoms with E-state index >= 15 is 0 Å². The van der Waals surface area contributed by atoms with E-state index in [4.69, 9.17) is 4.18 Å². The topological polar surface area (TPSA) is 79.2 Å². The first-order valence-electron chi connectivity index (χ1n) is 8.03. The lowest BCUT2D eigenvalue weighted by atomic mass is 9.92. The minimum atomic E-state index is -3.39. The van der Waals surface area contributed by atoms with Crippen molar-refractivity contribution in [2.45, 2.75) is 37.8 Å². The average Bonchev–Trinajstić information content (AvgIpc) is 2.55. The molecular formula is C18H20N2O3S. The first-order valence-corrected chi connectivity index (χ1v) is 9.84. The fourth-order valence-corrected chi connectivity index (χ4v) is 3.98. The average molecular weight is 344 g/mol. The second-order valence-electron chi connectivity index (χ2n) is 6.24. The van der Waals surface area contributed by atoms with E-state index < -0.39 is 10.1 Å². The number of fused-ring (bicyclic) bond motifs is 1. The van der Waals surface area contributed by atoms with Gasteiger partial charge in [-0.05, 0) is 37.8 Å². The van der Waals surface area contributed by atoms with Gasteiger partial charge in [-0.15, -0.1) is 0 Å². The lowest BCUT2D eigenvalue weighted by Crippen LogP contribution is -2.30. The van der Waals surface area contributed by atoms with Crippen LogP contribution < -0.4 is 5.32 Å². The molecule has 3 rings (SSSR count). The summed E-state index contributed by atoms with van der Waals surface area (Å²) < 4.78 is 27.5. The number of benzene rings is 2. The van der Waals surface area contributed by atoms with Crippen LogP contribution in [0.3, 0.4) is 0 Å². The van der Waals surface area contributed by atoms with Crippen LogP contribution in [0.1, 0.15) is 31.2 Å². The number of hydrogen-bond acceptors (Lipinski definition) is 5. The van der Waals surface area contributed by atoms with Gasteiger partial charge in [0.15, 0.2) is 0 Å². The van der Waals surface area contributed by atoms with Crippen LogP contribution in [0.4, 0.5) is 5.69 Å². The summed E-state index contributed by atoms with van der Waals surface area (Å²) in [7, 11) is -3.39. The second-order valence-corrected chi connectivity index (χ2v) is 7.84. The maximum Gasteiger partial charge on any atom is 0.264 e. The molecule has 6 heteroatoms. The van der Waals surface area contributed by atoms with Gasteiger partial charge in [0.25, 0.3) is 10.1 Å². The van der Waals surface area contributed by atoms with Gasteiger partial charge in [-0.3, -0.25) is 4.18 Å². The molecule has 0 spiro atoms. The third-order valence-electron chi connectivity index (χ3n) is 4.39. The lowest BCUT2D eigenvalue weighted by Gasteiger charge is -2.29. The van der Waals surface area contributed by atoms with Crippen molar-refractivity contribution in [2.75, 3.05) is 11.6 Å². The first-order chi connectivity index (χ1) is 11.5. The third kappa shape index (κ3) is 3.86. The Labute approximate surface area is 142 Å². The summed E-state index contributed by atoms with van der Waals surface area (Å²) in [6, 6.07) is 14.1. The Balaban J connectivity index is 1.72. The van der Waals surface area contributed by atoms with Gasteiger partial charge in [-0.1, -0.05) is 24.3 Å². The number of nitrogens with zero attached hydrogens (tertiary/aromatic N) is 1. The van der Waals surface area contributed by atoms with Crippen LogP contribution >= 0.6 is 0 Å². The zero-order valence-electron chi connectivity index (χ0n) is 13.5. The number of rotatable bonds is 4. The van der Waals surface area contributed by atoms with Crippen molar-refractivity contribution < 1.29 is 12.6 Å². The highest BCUT2D eigenvalue weighted by Gasteiger charge is 2.24. The molecule has 1 fully saturated rings. The van der Waals surface area contributed by atoms with E-state index in [1.807, 2.05) is 36.4 Å². The van der Waals surface area contributed by atoms with Crippen LogP contribution in [0, 0.1) is 11.3 Å². The Kier molecular flexibility index (Phi) is 4.74. The molecule has 0 radical (unpaired) electrons. The van der Waals surface area contributed by atoms with Gasteiger partial charge in [0.05, 0.1) is 24.0 Å². The molecule has 0 aliphatic heterocycles. The summed E-state index contributed by atoms with van der Waals surface area (Å²) in [4.78, 5) is 0. The van der Waals surface area contributed by atoms with Crippen molar-refractivity contribution >= 4 is 26.6 Å². The van der Waals surface area contributed by atoms with E-state index in [1.54, 1.807) is 0 Å². The molecule has 0 aromatic heterocycles. The monoisotopic (exact) mass is 344 g/mol. The van der Waals surface area contributed by atoms with E-state index in [1.165, 1.54) is 0 Å². The molecule has 126 valence electrons. The van der Waals surface area contributed by atoms with Crippen molar-refractivity contribution in [1.29, 1.82) is 5.26 Å². The van der Waals surface area contributed by atoms with Gasteiger partial charge in [0.2, 0.25) is 0 Å². The van der Waals surface area contributed by atoms with Crippen molar-refractivity contribution in [3.05, 3.63) is 42.0 Å². The normalized spacial score (nSPS) is 21.3. The van der Waals surface area contributed by atoms with Crippen molar-refractivity contribution in [3.8, 4) is 6.07 Å². The fraction of sp³-hybridized carbons (Fsp3) is 0.389. The standard InChI is InChI=1S/C18H20N2O3S/c1-24(21,22)23-15-9-7-14(8-10-15)20-18-11-6-13(12-19)16-4-2-3-5-17(16)18/h2-6,11,14-15,20H,7-10H2,1H3. The fourth-order valence-electron chi connectivity index (χ4n) is 3.29. The van der Waals surface area contributed by atoms with Crippen molar-refractivity contribution in [1.82, 2.24) is 0 Å². The van der Waals surface area contributed by atoms with Crippen LogP contribution in [0.5, 0.6) is 0 Å². The van der Waals surface area contributed by atoms with Crippen molar-refractivity contribution in [2.24, 2.45) is 0 Å². The van der Waals surface area contributed by atoms with Gasteiger partial charge in [-0.2, -0.15) is 13.7 Å². The van der Waals surface area contributed by atoms with Crippen LogP contribution in [0.15, 0.2) is 36.4 Å². The van der Waals surface area contributed by atoms with Gasteiger partial charge in [0.1, 0.15) is 0 Å². The van der Waals surface area contributed by atoms with Crippen LogP contribution in [0.25, 0.3) is 10.8 Å². The highest BCUT2D eigenvalue weighted by Crippen LogP contribution is 2.30. The molecule has 0 unspecified atom stereocenters. The maximum atomic E-state index is 11.2. The molecule has 0 bridgehead atoms. The summed E-state index contributed by atoms with van der Waals surface area (Å²) in [5.74, 6) is 0. The van der Waals surface area contributed by atoms with E-state index in [0.717, 1.165) is 48.4 Å². The van der Waals surface area contributed by atoms with E-state index in [-0.39, 0.29) is 12.1 Å². The molecule has 0 amide bonds. The Bertz CT molecular complexity index is 879. The zero-order chi connectivity index (χ0) is 17.2. The summed E-state index contributed by atoms with van der Waals surface area (Å²) in [6.45, 7) is 0. The van der Waals surface area contributed by atoms with Crippen LogP contribution in [0.2, 0.25) is 0 Å². The molecule has 2 aromatic carbocycles. The highest BCUT2D eigenvalue weighted by atomic mass is 32.2. The summed E-state index contributed by atoms with van der Waals surface area (Å²) in [6.07, 6.45) is 4.04. The van der Waals surface area contributed by atoms with Crippen LogP contribution in [-0.2, 0) is 14.3 Å². The minimum absolute atomic E-state index is 0.212. The molecule has 1 saturated carbocycles. The van der Waals surface area contributed by atoms with Crippen LogP contribution in [-0.4, -0.2) is 26.8 Å². The Hall–Kier alpha value is -2.10. The predicted octanol–water partition coefficient (Wildman–Crippen LogP) is 3.41. The first kappa shape index (κ1) is 16.7. The Morgan fingerprint density at radius 2 is 1.75 bits per heavy atom. The van der Waals surface area contributed by atoms with Gasteiger partial charge >= 0.3 is 0 Å². The summed E-state index contributed by atoms with van der Waals surface area (Å²) >= 11 is 0. The van der Waals surface area contributed by atoms with Crippen molar-refractivity contribution in [3.63, 3.8) is 0 Å². The van der Waals surface area contributed by atoms with E-state index in [9.17, 15) is 13.7 Å². The highest BCUT2D eigenvalue weighted by molar-refractivity contribution is 7.86. The van der Waals surface area contributed by atoms with Gasteiger partial charge < -0.3 is 5.32 Å². The third-order valence-corrected chi connectivity index (χ3v) is 5.01. The summed E-state index contributed by atoms with van der Waals surface area (Å²) in [5.41, 5.74) is 1.68. The quantitative estimate of drug-likeness (QED) is 0.860.